The molecule has 0 amide bonds. The third-order valence-electron chi connectivity index (χ3n) is 12.4. The van der Waals surface area contributed by atoms with Crippen LogP contribution in [0.3, 0.4) is 0 Å². The van der Waals surface area contributed by atoms with Gasteiger partial charge in [-0.1, -0.05) is 121 Å². The van der Waals surface area contributed by atoms with Gasteiger partial charge in [0.15, 0.2) is 5.82 Å². The minimum atomic E-state index is 0.405. The number of hydrogen-bond acceptors (Lipinski definition) is 6. The molecule has 0 unspecified atom stereocenters. The van der Waals surface area contributed by atoms with Crippen molar-refractivity contribution in [2.45, 2.75) is 0 Å². The van der Waals surface area contributed by atoms with Gasteiger partial charge in [0.2, 0.25) is 11.4 Å². The van der Waals surface area contributed by atoms with E-state index in [0.29, 0.717) is 28.6 Å². The average Bonchev–Trinajstić information content (AvgIpc) is 4.02. The van der Waals surface area contributed by atoms with Crippen LogP contribution < -0.4 is 9.80 Å². The number of fused-ring (bicyclic) bond motifs is 9. The SMILES string of the molecule is c1ccc(N(c2ccc3c4ccccc4n(-c4ccccc4)c3c2)c2ccc3c(n2)oc2nc(N(c4ccccc4)c4ccc5c6ccccc6n(-c6ccccc6)c5c4)cnc23)cc1. The van der Waals surface area contributed by atoms with Crippen LogP contribution in [0.5, 0.6) is 0 Å². The molecule has 13 aromatic rings. The monoisotopic (exact) mass is 835 g/mol. The van der Waals surface area contributed by atoms with E-state index >= 15 is 0 Å². The molecule has 5 heterocycles. The molecule has 5 aromatic heterocycles. The van der Waals surface area contributed by atoms with E-state index in [4.69, 9.17) is 19.4 Å². The number of pyridine rings is 1. The molecule has 0 saturated carbocycles. The number of hydrogen-bond donors (Lipinski definition) is 0. The van der Waals surface area contributed by atoms with Gasteiger partial charge in [-0.05, 0) is 97.1 Å². The first-order valence-corrected chi connectivity index (χ1v) is 21.7. The van der Waals surface area contributed by atoms with Crippen LogP contribution in [0.25, 0.3) is 77.3 Å². The fourth-order valence-corrected chi connectivity index (χ4v) is 9.52. The van der Waals surface area contributed by atoms with Crippen LogP contribution >= 0.6 is 0 Å². The number of benzene rings is 8. The van der Waals surface area contributed by atoms with E-state index in [0.717, 1.165) is 61.6 Å². The van der Waals surface area contributed by atoms with Crippen LogP contribution in [0, 0.1) is 0 Å². The van der Waals surface area contributed by atoms with Gasteiger partial charge in [-0.15, -0.1) is 0 Å². The summed E-state index contributed by atoms with van der Waals surface area (Å²) in [6.45, 7) is 0. The lowest BCUT2D eigenvalue weighted by Gasteiger charge is -2.24. The van der Waals surface area contributed by atoms with Crippen molar-refractivity contribution in [2.75, 3.05) is 9.80 Å². The highest BCUT2D eigenvalue weighted by molar-refractivity contribution is 6.12. The molecule has 0 spiro atoms. The predicted octanol–water partition coefficient (Wildman–Crippen LogP) is 14.9. The largest absolute Gasteiger partial charge is 0.417 e. The zero-order valence-electron chi connectivity index (χ0n) is 34.9. The first-order chi connectivity index (χ1) is 32.2. The van der Waals surface area contributed by atoms with Gasteiger partial charge in [-0.2, -0.15) is 9.97 Å². The van der Waals surface area contributed by atoms with E-state index in [1.54, 1.807) is 0 Å². The molecule has 8 nitrogen and oxygen atoms in total. The molecule has 8 heteroatoms. The van der Waals surface area contributed by atoms with Crippen molar-refractivity contribution in [3.63, 3.8) is 0 Å². The van der Waals surface area contributed by atoms with Gasteiger partial charge in [0.05, 0.1) is 33.6 Å². The zero-order chi connectivity index (χ0) is 42.8. The first kappa shape index (κ1) is 36.6. The molecule has 0 N–H and O–H groups in total. The highest BCUT2D eigenvalue weighted by atomic mass is 16.3. The van der Waals surface area contributed by atoms with Crippen LogP contribution in [-0.2, 0) is 0 Å². The quantitative estimate of drug-likeness (QED) is 0.152. The lowest BCUT2D eigenvalue weighted by Crippen LogP contribution is -2.12. The van der Waals surface area contributed by atoms with Gasteiger partial charge in [0.25, 0.3) is 0 Å². The second-order valence-corrected chi connectivity index (χ2v) is 16.1. The number of para-hydroxylation sites is 6. The molecule has 0 radical (unpaired) electrons. The fraction of sp³-hybridized carbons (Fsp3) is 0. The Labute approximate surface area is 373 Å². The summed E-state index contributed by atoms with van der Waals surface area (Å²) in [6.07, 6.45) is 1.83. The number of anilines is 6. The van der Waals surface area contributed by atoms with E-state index in [-0.39, 0.29) is 0 Å². The highest BCUT2D eigenvalue weighted by Crippen LogP contribution is 2.42. The first-order valence-electron chi connectivity index (χ1n) is 21.7. The summed E-state index contributed by atoms with van der Waals surface area (Å²) in [7, 11) is 0. The Morgan fingerprint density at radius 2 is 0.769 bits per heavy atom. The minimum absolute atomic E-state index is 0.405. The van der Waals surface area contributed by atoms with Crippen molar-refractivity contribution in [1.29, 1.82) is 0 Å². The summed E-state index contributed by atoms with van der Waals surface area (Å²) in [4.78, 5) is 19.7. The lowest BCUT2D eigenvalue weighted by molar-refractivity contribution is 0.639. The second-order valence-electron chi connectivity index (χ2n) is 16.1. The lowest BCUT2D eigenvalue weighted by atomic mass is 10.1. The van der Waals surface area contributed by atoms with E-state index in [9.17, 15) is 0 Å². The van der Waals surface area contributed by atoms with Crippen LogP contribution in [0.2, 0.25) is 0 Å². The highest BCUT2D eigenvalue weighted by Gasteiger charge is 2.23. The average molecular weight is 836 g/mol. The summed E-state index contributed by atoms with van der Waals surface area (Å²) >= 11 is 0. The zero-order valence-corrected chi connectivity index (χ0v) is 34.9. The standard InChI is InChI=1S/C57H37N7O/c1-5-17-38(18-6-1)61(42-29-31-46-44-25-13-15-27-49(44)63(51(46)35-42)40-21-9-3-10-22-40)53-34-33-48-55-57(65-56(48)59-53)60-54(37-58-55)62(39-19-7-2-8-20-39)43-30-32-47-45-26-14-16-28-50(45)64(52(47)36-43)41-23-11-4-12-24-41/h1-37H. The fourth-order valence-electron chi connectivity index (χ4n) is 9.52. The molecule has 0 aliphatic rings. The summed E-state index contributed by atoms with van der Waals surface area (Å²) in [6, 6.07) is 76.1. The molecule has 0 atom stereocenters. The van der Waals surface area contributed by atoms with Gasteiger partial charge in [0, 0.05) is 55.7 Å². The Bertz CT molecular complexity index is 3640. The number of aromatic nitrogens is 5. The van der Waals surface area contributed by atoms with Crippen LogP contribution in [0.1, 0.15) is 0 Å². The maximum Gasteiger partial charge on any atom is 0.250 e. The molecule has 13 rings (SSSR count). The van der Waals surface area contributed by atoms with Crippen molar-refractivity contribution in [1.82, 2.24) is 24.1 Å². The van der Waals surface area contributed by atoms with Gasteiger partial charge in [-0.3, -0.25) is 9.80 Å². The molecule has 0 saturated heterocycles. The van der Waals surface area contributed by atoms with Gasteiger partial charge in [0.1, 0.15) is 11.3 Å². The Morgan fingerprint density at radius 1 is 0.338 bits per heavy atom. The van der Waals surface area contributed by atoms with Crippen molar-refractivity contribution in [3.8, 4) is 11.4 Å². The normalized spacial score (nSPS) is 11.7. The molecule has 8 aromatic carbocycles. The summed E-state index contributed by atoms with van der Waals surface area (Å²) in [5, 5.41) is 5.53. The minimum Gasteiger partial charge on any atom is -0.417 e. The van der Waals surface area contributed by atoms with Crippen molar-refractivity contribution in [2.24, 2.45) is 0 Å². The van der Waals surface area contributed by atoms with E-state index in [1.165, 1.54) is 21.5 Å². The van der Waals surface area contributed by atoms with Crippen LogP contribution in [0.15, 0.2) is 229 Å². The Balaban J connectivity index is 0.949. The maximum atomic E-state index is 6.61. The third-order valence-corrected chi connectivity index (χ3v) is 12.4. The molecule has 0 fully saturated rings. The van der Waals surface area contributed by atoms with Crippen LogP contribution in [-0.4, -0.2) is 24.1 Å². The van der Waals surface area contributed by atoms with E-state index < -0.39 is 0 Å². The van der Waals surface area contributed by atoms with E-state index in [2.05, 4.69) is 201 Å². The van der Waals surface area contributed by atoms with Gasteiger partial charge in [-0.25, -0.2) is 4.98 Å². The Hall–Kier alpha value is -9.01. The number of furan rings is 1. The molecule has 0 aliphatic carbocycles. The predicted molar refractivity (Wildman–Crippen MR) is 265 cm³/mol. The van der Waals surface area contributed by atoms with Crippen molar-refractivity contribution in [3.05, 3.63) is 225 Å². The number of rotatable bonds is 8. The summed E-state index contributed by atoms with van der Waals surface area (Å²) < 4.78 is 11.3. The van der Waals surface area contributed by atoms with Gasteiger partial charge < -0.3 is 13.6 Å². The second kappa shape index (κ2) is 14.8. The van der Waals surface area contributed by atoms with E-state index in [1.807, 2.05) is 42.6 Å². The molecule has 0 bridgehead atoms. The third kappa shape index (κ3) is 5.96. The van der Waals surface area contributed by atoms with Gasteiger partial charge >= 0.3 is 0 Å². The van der Waals surface area contributed by atoms with Crippen molar-refractivity contribution < 1.29 is 4.42 Å². The molecule has 306 valence electrons. The van der Waals surface area contributed by atoms with Crippen LogP contribution in [0.4, 0.5) is 34.4 Å². The summed E-state index contributed by atoms with van der Waals surface area (Å²) in [5.74, 6) is 1.33. The summed E-state index contributed by atoms with van der Waals surface area (Å²) in [5.41, 5.74) is 12.0. The Kier molecular flexibility index (Phi) is 8.35. The smallest absolute Gasteiger partial charge is 0.250 e. The van der Waals surface area contributed by atoms with Crippen molar-refractivity contribution >= 4 is 100 Å². The molecule has 65 heavy (non-hydrogen) atoms. The molecule has 0 aliphatic heterocycles. The molecular formula is C57H37N7O. The Morgan fingerprint density at radius 3 is 1.31 bits per heavy atom. The maximum absolute atomic E-state index is 6.61. The topological polar surface area (TPSA) is 68.2 Å². The number of nitrogens with zero attached hydrogens (tertiary/aromatic N) is 7. The molecular weight excluding hydrogens is 799 g/mol.